The van der Waals surface area contributed by atoms with Crippen LogP contribution >= 0.6 is 11.6 Å². The van der Waals surface area contributed by atoms with Crippen LogP contribution in [0.4, 0.5) is 5.69 Å². The van der Waals surface area contributed by atoms with Gasteiger partial charge in [0.05, 0.1) is 28.9 Å². The van der Waals surface area contributed by atoms with Crippen molar-refractivity contribution in [2.24, 2.45) is 0 Å². The number of fused-ring (bicyclic) bond motifs is 1. The number of hydrogen-bond donors (Lipinski definition) is 2. The molecule has 1 atom stereocenters. The van der Waals surface area contributed by atoms with Gasteiger partial charge in [-0.25, -0.2) is 0 Å². The molecule has 0 radical (unpaired) electrons. The summed E-state index contributed by atoms with van der Waals surface area (Å²) in [6, 6.07) is 8.93. The van der Waals surface area contributed by atoms with Crippen LogP contribution in [0.15, 0.2) is 42.0 Å². The zero-order valence-corrected chi connectivity index (χ0v) is 18.7. The lowest BCUT2D eigenvalue weighted by atomic mass is 9.94. The van der Waals surface area contributed by atoms with Gasteiger partial charge < -0.3 is 24.7 Å². The lowest BCUT2D eigenvalue weighted by molar-refractivity contribution is -0.139. The number of hydrogen-bond acceptors (Lipinski definition) is 6. The molecule has 2 aliphatic rings. The lowest BCUT2D eigenvalue weighted by Crippen LogP contribution is -2.30. The van der Waals surface area contributed by atoms with Crippen molar-refractivity contribution >= 4 is 34.7 Å². The Labute approximate surface area is 191 Å². The first-order chi connectivity index (χ1) is 15.3. The summed E-state index contributed by atoms with van der Waals surface area (Å²) < 4.78 is 5.66. The van der Waals surface area contributed by atoms with Crippen molar-refractivity contribution in [2.75, 3.05) is 31.6 Å². The number of rotatable bonds is 5. The van der Waals surface area contributed by atoms with Crippen molar-refractivity contribution in [1.29, 1.82) is 0 Å². The van der Waals surface area contributed by atoms with Gasteiger partial charge in [-0.1, -0.05) is 31.0 Å². The number of likely N-dealkylation sites (tertiary alicyclic amines) is 1. The molecular weight excluding hydrogens is 432 g/mol. The number of phenols is 1. The summed E-state index contributed by atoms with van der Waals surface area (Å²) in [6.07, 6.45) is 1.54. The smallest absolute Gasteiger partial charge is 0.295 e. The normalized spacial score (nSPS) is 19.8. The number of benzene rings is 2. The van der Waals surface area contributed by atoms with Gasteiger partial charge in [0.15, 0.2) is 0 Å². The molecule has 1 saturated heterocycles. The highest BCUT2D eigenvalue weighted by Gasteiger charge is 2.46. The minimum absolute atomic E-state index is 0.00666. The number of halogens is 1. The van der Waals surface area contributed by atoms with Crippen molar-refractivity contribution in [1.82, 2.24) is 4.90 Å². The van der Waals surface area contributed by atoms with E-state index >= 15 is 0 Å². The molecule has 4 rings (SSSR count). The number of carbonyl (C=O) groups excluding carboxylic acids is 2. The van der Waals surface area contributed by atoms with E-state index in [0.717, 1.165) is 12.1 Å². The average Bonchev–Trinajstić information content (AvgIpc) is 3.04. The fourth-order valence-corrected chi connectivity index (χ4v) is 4.32. The zero-order chi connectivity index (χ0) is 23.0. The highest BCUT2D eigenvalue weighted by molar-refractivity contribution is 6.46. The number of amides is 1. The highest BCUT2D eigenvalue weighted by atomic mass is 35.5. The summed E-state index contributed by atoms with van der Waals surface area (Å²) in [5.41, 5.74) is 1.77. The predicted octanol–water partition coefficient (Wildman–Crippen LogP) is 4.10. The van der Waals surface area contributed by atoms with Gasteiger partial charge in [0.2, 0.25) is 0 Å². The molecule has 0 bridgehead atoms. The molecule has 1 unspecified atom stereocenters. The average molecular weight is 457 g/mol. The molecule has 2 aromatic carbocycles. The van der Waals surface area contributed by atoms with Crippen molar-refractivity contribution in [2.45, 2.75) is 25.8 Å². The number of ketones is 1. The predicted molar refractivity (Wildman–Crippen MR) is 122 cm³/mol. The standard InChI is InChI=1S/C24H25ClN2O5/c1-3-4-9-27-21(14-5-7-18(28)16(25)12-14)20(23(30)24(27)31)22(29)15-6-8-19-17(13-15)26(2)10-11-32-19/h5-8,12-13,21,28-29H,3-4,9-11H2,1-2H3/b22-20-. The van der Waals surface area contributed by atoms with E-state index in [1.54, 1.807) is 24.3 Å². The van der Waals surface area contributed by atoms with Crippen LogP contribution in [-0.2, 0) is 9.59 Å². The van der Waals surface area contributed by atoms with Gasteiger partial charge in [-0.05, 0) is 42.3 Å². The molecule has 1 amide bonds. The largest absolute Gasteiger partial charge is 0.507 e. The Morgan fingerprint density at radius 2 is 2.00 bits per heavy atom. The molecule has 2 heterocycles. The van der Waals surface area contributed by atoms with E-state index in [-0.39, 0.29) is 22.1 Å². The monoisotopic (exact) mass is 456 g/mol. The van der Waals surface area contributed by atoms with Crippen molar-refractivity contribution in [3.63, 3.8) is 0 Å². The van der Waals surface area contributed by atoms with E-state index in [1.807, 2.05) is 18.9 Å². The molecule has 2 aliphatic heterocycles. The van der Waals surface area contributed by atoms with Gasteiger partial charge in [-0.3, -0.25) is 9.59 Å². The Hall–Kier alpha value is -3.19. The Morgan fingerprint density at radius 3 is 2.72 bits per heavy atom. The van der Waals surface area contributed by atoms with Crippen LogP contribution in [0, 0.1) is 0 Å². The third-order valence-corrected chi connectivity index (χ3v) is 6.21. The van der Waals surface area contributed by atoms with Gasteiger partial charge in [0, 0.05) is 19.2 Å². The number of likely N-dealkylation sites (N-methyl/N-ethyl adjacent to an activating group) is 1. The van der Waals surface area contributed by atoms with Gasteiger partial charge in [0.25, 0.3) is 11.7 Å². The number of Topliss-reactive ketones (excluding diaryl/α,β-unsaturated/α-hetero) is 1. The number of carbonyl (C=O) groups is 2. The molecule has 32 heavy (non-hydrogen) atoms. The molecule has 0 aromatic heterocycles. The Kier molecular flexibility index (Phi) is 6.02. The number of aromatic hydroxyl groups is 1. The Balaban J connectivity index is 1.86. The van der Waals surface area contributed by atoms with Crippen molar-refractivity contribution in [3.8, 4) is 11.5 Å². The van der Waals surface area contributed by atoms with E-state index in [1.165, 1.54) is 17.0 Å². The first kappa shape index (κ1) is 22.0. The number of unbranched alkanes of at least 4 members (excludes halogenated alkanes) is 1. The first-order valence-electron chi connectivity index (χ1n) is 10.6. The lowest BCUT2D eigenvalue weighted by Gasteiger charge is -2.28. The summed E-state index contributed by atoms with van der Waals surface area (Å²) in [4.78, 5) is 29.4. The van der Waals surface area contributed by atoms with E-state index in [9.17, 15) is 19.8 Å². The van der Waals surface area contributed by atoms with E-state index in [4.69, 9.17) is 16.3 Å². The summed E-state index contributed by atoms with van der Waals surface area (Å²) in [5.74, 6) is -1.06. The second kappa shape index (κ2) is 8.74. The molecule has 1 fully saturated rings. The maximum absolute atomic E-state index is 13.1. The van der Waals surface area contributed by atoms with E-state index in [2.05, 4.69) is 0 Å². The maximum Gasteiger partial charge on any atom is 0.295 e. The summed E-state index contributed by atoms with van der Waals surface area (Å²) in [6.45, 7) is 3.63. The summed E-state index contributed by atoms with van der Waals surface area (Å²) in [7, 11) is 1.92. The topological polar surface area (TPSA) is 90.3 Å². The maximum atomic E-state index is 13.1. The SMILES string of the molecule is CCCCN1C(=O)C(=O)/C(=C(\O)c2ccc3c(c2)N(C)CCO3)C1c1ccc(O)c(Cl)c1. The second-order valence-corrected chi connectivity index (χ2v) is 8.42. The molecule has 2 aromatic rings. The van der Waals surface area contributed by atoms with Crippen LogP contribution < -0.4 is 9.64 Å². The van der Waals surface area contributed by atoms with Gasteiger partial charge >= 0.3 is 0 Å². The minimum Gasteiger partial charge on any atom is -0.507 e. The molecule has 0 saturated carbocycles. The Bertz CT molecular complexity index is 1110. The van der Waals surface area contributed by atoms with Crippen molar-refractivity contribution < 1.29 is 24.5 Å². The molecule has 2 N–H and O–H groups in total. The quantitative estimate of drug-likeness (QED) is 0.400. The number of phenolic OH excluding ortho intramolecular Hbond substituents is 1. The third-order valence-electron chi connectivity index (χ3n) is 5.91. The number of nitrogens with zero attached hydrogens (tertiary/aromatic N) is 2. The molecule has 0 spiro atoms. The van der Waals surface area contributed by atoms with Crippen molar-refractivity contribution in [3.05, 3.63) is 58.1 Å². The fraction of sp³-hybridized carbons (Fsp3) is 0.333. The third kappa shape index (κ3) is 3.77. The molecule has 8 heteroatoms. The van der Waals surface area contributed by atoms with Crippen LogP contribution in [0.1, 0.15) is 36.9 Å². The van der Waals surface area contributed by atoms with E-state index in [0.29, 0.717) is 43.0 Å². The molecular formula is C24H25ClN2O5. The minimum atomic E-state index is -0.801. The van der Waals surface area contributed by atoms with Crippen LogP contribution in [-0.4, -0.2) is 53.5 Å². The van der Waals surface area contributed by atoms with Crippen LogP contribution in [0.25, 0.3) is 5.76 Å². The second-order valence-electron chi connectivity index (χ2n) is 8.01. The number of aliphatic hydroxyl groups excluding tert-OH is 1. The first-order valence-corrected chi connectivity index (χ1v) is 11.0. The van der Waals surface area contributed by atoms with Crippen LogP contribution in [0.5, 0.6) is 11.5 Å². The number of anilines is 1. The van der Waals surface area contributed by atoms with Gasteiger partial charge in [0.1, 0.15) is 23.9 Å². The summed E-state index contributed by atoms with van der Waals surface area (Å²) >= 11 is 6.12. The Morgan fingerprint density at radius 1 is 1.22 bits per heavy atom. The van der Waals surface area contributed by atoms with E-state index < -0.39 is 17.7 Å². The zero-order valence-electron chi connectivity index (χ0n) is 18.0. The number of ether oxygens (including phenoxy) is 1. The molecule has 0 aliphatic carbocycles. The summed E-state index contributed by atoms with van der Waals surface area (Å²) in [5, 5.41) is 21.2. The van der Waals surface area contributed by atoms with Crippen LogP contribution in [0.3, 0.4) is 0 Å². The van der Waals surface area contributed by atoms with Gasteiger partial charge in [-0.15, -0.1) is 0 Å². The molecule has 7 nitrogen and oxygen atoms in total. The molecule has 168 valence electrons. The highest BCUT2D eigenvalue weighted by Crippen LogP contribution is 2.42. The van der Waals surface area contributed by atoms with Gasteiger partial charge in [-0.2, -0.15) is 0 Å². The fourth-order valence-electron chi connectivity index (χ4n) is 4.13. The number of aliphatic hydroxyl groups is 1. The van der Waals surface area contributed by atoms with Crippen LogP contribution in [0.2, 0.25) is 5.02 Å².